The molecule has 0 saturated carbocycles. The molecular weight excluding hydrogens is 591 g/mol. The minimum atomic E-state index is -1.08. The van der Waals surface area contributed by atoms with Gasteiger partial charge >= 0.3 is 5.97 Å². The van der Waals surface area contributed by atoms with Gasteiger partial charge in [0.05, 0.1) is 34.6 Å². The van der Waals surface area contributed by atoms with Crippen LogP contribution in [0, 0.1) is 6.92 Å². The maximum atomic E-state index is 13.0. The van der Waals surface area contributed by atoms with E-state index in [9.17, 15) is 14.7 Å². The maximum Gasteiger partial charge on any atom is 0.348 e. The van der Waals surface area contributed by atoms with Gasteiger partial charge in [0.15, 0.2) is 5.13 Å². The van der Waals surface area contributed by atoms with E-state index in [0.717, 1.165) is 43.3 Å². The third-order valence-electron chi connectivity index (χ3n) is 7.33. The van der Waals surface area contributed by atoms with Crippen LogP contribution in [-0.4, -0.2) is 107 Å². The molecule has 3 N–H and O–H groups in total. The van der Waals surface area contributed by atoms with Crippen molar-refractivity contribution in [2.75, 3.05) is 62.7 Å². The molecule has 0 unspecified atom stereocenters. The van der Waals surface area contributed by atoms with Crippen LogP contribution in [0.15, 0.2) is 12.4 Å². The molecule has 3 aromatic rings. The predicted molar refractivity (Wildman–Crippen MR) is 159 cm³/mol. The van der Waals surface area contributed by atoms with E-state index in [4.69, 9.17) is 32.9 Å². The lowest BCUT2D eigenvalue weighted by atomic mass is 10.0. The van der Waals surface area contributed by atoms with Crippen molar-refractivity contribution in [2.45, 2.75) is 32.4 Å². The van der Waals surface area contributed by atoms with E-state index in [1.807, 2.05) is 11.8 Å². The zero-order valence-corrected chi connectivity index (χ0v) is 25.3. The molecule has 5 heterocycles. The molecular formula is C26H32Cl2N8O4S. The van der Waals surface area contributed by atoms with Gasteiger partial charge in [0, 0.05) is 51.6 Å². The molecule has 2 aliphatic heterocycles. The van der Waals surface area contributed by atoms with Crippen LogP contribution in [0.3, 0.4) is 0 Å². The number of carbonyl (C=O) groups is 2. The Bertz CT molecular complexity index is 1410. The van der Waals surface area contributed by atoms with E-state index < -0.39 is 5.97 Å². The molecule has 0 bridgehead atoms. The van der Waals surface area contributed by atoms with Crippen molar-refractivity contribution >= 4 is 57.4 Å². The number of H-pyrrole nitrogens is 1. The quantitative estimate of drug-likeness (QED) is 0.342. The highest BCUT2D eigenvalue weighted by Gasteiger charge is 2.34. The van der Waals surface area contributed by atoms with Crippen molar-refractivity contribution in [3.63, 3.8) is 0 Å². The van der Waals surface area contributed by atoms with Gasteiger partial charge in [-0.25, -0.2) is 19.7 Å². The standard InChI is InChI=1S/C26H32Cl2N8O4S/c1-4-40-17-13-36(6-5-15(17)32-24(37)22-20(28)19(27)14(2)31-22)26-33-21(23(41-26)25(38)39)16-11-30-18(12-29-16)35-9-7-34(3)8-10-35/h11-12,15,17,31H,4-10,13H2,1-3H3,(H,32,37)(H,38,39)/t15-,17+/m1/s1. The van der Waals surface area contributed by atoms with Gasteiger partial charge in [0.1, 0.15) is 27.8 Å². The van der Waals surface area contributed by atoms with Gasteiger partial charge in [0.2, 0.25) is 0 Å². The molecule has 41 heavy (non-hydrogen) atoms. The number of anilines is 2. The Morgan fingerprint density at radius 1 is 1.15 bits per heavy atom. The number of ether oxygens (including phenoxy) is 1. The molecule has 2 fully saturated rings. The minimum absolute atomic E-state index is 0.0960. The van der Waals surface area contributed by atoms with Crippen molar-refractivity contribution in [3.8, 4) is 11.4 Å². The first-order valence-corrected chi connectivity index (χ1v) is 14.9. The Morgan fingerprint density at radius 3 is 2.51 bits per heavy atom. The van der Waals surface area contributed by atoms with Gasteiger partial charge in [0.25, 0.3) is 5.91 Å². The van der Waals surface area contributed by atoms with Crippen LogP contribution >= 0.6 is 34.5 Å². The Kier molecular flexibility index (Phi) is 9.00. The summed E-state index contributed by atoms with van der Waals surface area (Å²) in [6.07, 6.45) is 3.46. The number of thiazole rings is 1. The largest absolute Gasteiger partial charge is 0.477 e. The van der Waals surface area contributed by atoms with Gasteiger partial charge in [-0.3, -0.25) is 4.79 Å². The number of aryl methyl sites for hydroxylation is 1. The summed E-state index contributed by atoms with van der Waals surface area (Å²) in [6, 6.07) is -0.288. The summed E-state index contributed by atoms with van der Waals surface area (Å²) in [5, 5.41) is 14.0. The summed E-state index contributed by atoms with van der Waals surface area (Å²) < 4.78 is 5.99. The number of aromatic carboxylic acids is 1. The van der Waals surface area contributed by atoms with Crippen molar-refractivity contribution in [3.05, 3.63) is 38.7 Å². The number of aromatic nitrogens is 4. The Labute approximate surface area is 251 Å². The molecule has 3 aromatic heterocycles. The number of carbonyl (C=O) groups excluding carboxylic acids is 1. The van der Waals surface area contributed by atoms with E-state index in [-0.39, 0.29) is 39.3 Å². The number of nitrogens with one attached hydrogen (secondary N) is 2. The summed E-state index contributed by atoms with van der Waals surface area (Å²) >= 11 is 13.5. The number of hydrogen-bond acceptors (Lipinski definition) is 10. The van der Waals surface area contributed by atoms with Crippen LogP contribution in [0.25, 0.3) is 11.4 Å². The van der Waals surface area contributed by atoms with E-state index >= 15 is 0 Å². The van der Waals surface area contributed by atoms with Crippen molar-refractivity contribution in [2.24, 2.45) is 0 Å². The summed E-state index contributed by atoms with van der Waals surface area (Å²) in [6.45, 7) is 8.62. The smallest absolute Gasteiger partial charge is 0.348 e. The molecule has 0 spiro atoms. The van der Waals surface area contributed by atoms with Crippen LogP contribution in [0.1, 0.15) is 39.2 Å². The van der Waals surface area contributed by atoms with E-state index in [1.165, 1.54) is 0 Å². The van der Waals surface area contributed by atoms with Crippen LogP contribution in [0.5, 0.6) is 0 Å². The van der Waals surface area contributed by atoms with Gasteiger partial charge in [-0.1, -0.05) is 34.5 Å². The van der Waals surface area contributed by atoms with Gasteiger partial charge in [-0.15, -0.1) is 0 Å². The lowest BCUT2D eigenvalue weighted by molar-refractivity contribution is 0.0272. The average Bonchev–Trinajstić information content (AvgIpc) is 3.52. The van der Waals surface area contributed by atoms with Crippen LogP contribution in [0.4, 0.5) is 10.9 Å². The number of rotatable bonds is 8. The van der Waals surface area contributed by atoms with Gasteiger partial charge < -0.3 is 34.8 Å². The number of piperazine rings is 1. The van der Waals surface area contributed by atoms with Gasteiger partial charge in [-0.2, -0.15) is 0 Å². The summed E-state index contributed by atoms with van der Waals surface area (Å²) in [4.78, 5) is 48.3. The molecule has 2 aliphatic rings. The first kappa shape index (κ1) is 29.5. The third-order valence-corrected chi connectivity index (χ3v) is 9.38. The van der Waals surface area contributed by atoms with Crippen molar-refractivity contribution in [1.29, 1.82) is 0 Å². The second kappa shape index (κ2) is 12.5. The fourth-order valence-electron chi connectivity index (χ4n) is 5.01. The van der Waals surface area contributed by atoms with Crippen LogP contribution in [0.2, 0.25) is 10.0 Å². The van der Waals surface area contributed by atoms with E-state index in [1.54, 1.807) is 19.3 Å². The summed E-state index contributed by atoms with van der Waals surface area (Å²) in [5.74, 6) is -0.679. The number of carboxylic acids is 1. The minimum Gasteiger partial charge on any atom is -0.477 e. The number of aromatic amines is 1. The predicted octanol–water partition coefficient (Wildman–Crippen LogP) is 3.41. The highest BCUT2D eigenvalue weighted by atomic mass is 35.5. The highest BCUT2D eigenvalue weighted by Crippen LogP contribution is 2.35. The highest BCUT2D eigenvalue weighted by molar-refractivity contribution is 7.17. The zero-order valence-electron chi connectivity index (χ0n) is 23.0. The number of nitrogens with zero attached hydrogens (tertiary/aromatic N) is 6. The fourth-order valence-corrected chi connectivity index (χ4v) is 6.38. The first-order chi connectivity index (χ1) is 19.7. The molecule has 0 aromatic carbocycles. The molecule has 220 valence electrons. The van der Waals surface area contributed by atoms with Crippen molar-refractivity contribution < 1.29 is 19.4 Å². The molecule has 5 rings (SSSR count). The number of amides is 1. The Balaban J connectivity index is 1.32. The number of carboxylic acid groups (broad SMARTS) is 1. The Morgan fingerprint density at radius 2 is 1.90 bits per heavy atom. The van der Waals surface area contributed by atoms with E-state index in [0.29, 0.717) is 47.7 Å². The second-order valence-corrected chi connectivity index (χ2v) is 11.8. The topological polar surface area (TPSA) is 140 Å². The molecule has 2 atom stereocenters. The zero-order chi connectivity index (χ0) is 29.3. The second-order valence-electron chi connectivity index (χ2n) is 10.1. The first-order valence-electron chi connectivity index (χ1n) is 13.4. The normalized spacial score (nSPS) is 19.9. The molecule has 12 nitrogen and oxygen atoms in total. The molecule has 2 saturated heterocycles. The summed E-state index contributed by atoms with van der Waals surface area (Å²) in [5.41, 5.74) is 1.52. The summed E-state index contributed by atoms with van der Waals surface area (Å²) in [7, 11) is 2.09. The number of hydrogen-bond donors (Lipinski definition) is 3. The maximum absolute atomic E-state index is 13.0. The van der Waals surface area contributed by atoms with E-state index in [2.05, 4.69) is 37.1 Å². The SMILES string of the molecule is CCO[C@H]1CN(c2nc(-c3cnc(N4CCN(C)CC4)cn3)c(C(=O)O)s2)CC[C@H]1NC(=O)c1[nH]c(C)c(Cl)c1Cl. The molecule has 0 radical (unpaired) electrons. The third kappa shape index (κ3) is 6.28. The van der Waals surface area contributed by atoms with Crippen molar-refractivity contribution in [1.82, 2.24) is 30.2 Å². The molecule has 0 aliphatic carbocycles. The molecule has 1 amide bonds. The lowest BCUT2D eigenvalue weighted by Crippen LogP contribution is -2.55. The fraction of sp³-hybridized carbons (Fsp3) is 0.500. The Hall–Kier alpha value is -2.97. The van der Waals surface area contributed by atoms with Gasteiger partial charge in [-0.05, 0) is 27.3 Å². The van der Waals surface area contributed by atoms with Crippen LogP contribution < -0.4 is 15.1 Å². The number of piperidine rings is 1. The lowest BCUT2D eigenvalue weighted by Gasteiger charge is -2.38. The number of likely N-dealkylation sites (N-methyl/N-ethyl adjacent to an activating group) is 1. The van der Waals surface area contributed by atoms with Crippen LogP contribution in [-0.2, 0) is 4.74 Å². The molecule has 15 heteroatoms. The average molecular weight is 624 g/mol. The number of halogens is 2. The monoisotopic (exact) mass is 622 g/mol.